The maximum atomic E-state index is 13.5. The fourth-order valence-electron chi connectivity index (χ4n) is 2.26. The topological polar surface area (TPSA) is 41.6 Å². The quantitative estimate of drug-likeness (QED) is 0.722. The van der Waals surface area contributed by atoms with Crippen LogP contribution in [0.15, 0.2) is 0 Å². The van der Waals surface area contributed by atoms with Crippen molar-refractivity contribution in [3.05, 3.63) is 0 Å². The van der Waals surface area contributed by atoms with E-state index in [9.17, 15) is 9.28 Å². The Balaban J connectivity index is 2.62. The minimum atomic E-state index is -0.376. The zero-order valence-electron chi connectivity index (χ0n) is 10.2. The predicted octanol–water partition coefficient (Wildman–Crippen LogP) is 1.12. The Morgan fingerprint density at radius 1 is 1.69 bits per heavy atom. The largest absolute Gasteiger partial charge is 0.379 e. The van der Waals surface area contributed by atoms with Gasteiger partial charge in [0.1, 0.15) is 0 Å². The monoisotopic (exact) mass is 232 g/mol. The first-order chi connectivity index (χ1) is 7.61. The van der Waals surface area contributed by atoms with Crippen LogP contribution in [-0.4, -0.2) is 43.4 Å². The summed E-state index contributed by atoms with van der Waals surface area (Å²) in [6.07, 6.45) is 1.20. The summed E-state index contributed by atoms with van der Waals surface area (Å²) in [5, 5.41) is 3.53. The zero-order chi connectivity index (χ0) is 12.1. The first-order valence-electron chi connectivity index (χ1n) is 5.84. The summed E-state index contributed by atoms with van der Waals surface area (Å²) in [5.41, 5.74) is 0. The van der Waals surface area contributed by atoms with Gasteiger partial charge in [0.25, 0.3) is 0 Å². The molecule has 0 saturated carbocycles. The van der Waals surface area contributed by atoms with Gasteiger partial charge < -0.3 is 10.1 Å². The summed E-state index contributed by atoms with van der Waals surface area (Å²) in [5.74, 6) is -0.402. The predicted molar refractivity (Wildman–Crippen MR) is 59.5 cm³/mol. The van der Waals surface area contributed by atoms with Gasteiger partial charge >= 0.3 is 0 Å². The molecule has 16 heavy (non-hydrogen) atoms. The first kappa shape index (κ1) is 13.4. The summed E-state index contributed by atoms with van der Waals surface area (Å²) in [4.78, 5) is 11.7. The molecular weight excluding hydrogens is 211 g/mol. The number of nitrogens with one attached hydrogen (secondary N) is 1. The van der Waals surface area contributed by atoms with Crippen LogP contribution in [-0.2, 0) is 9.53 Å². The zero-order valence-corrected chi connectivity index (χ0v) is 10.2. The molecule has 1 N–H and O–H groups in total. The third-order valence-electron chi connectivity index (χ3n) is 3.14. The molecule has 1 aliphatic rings. The van der Waals surface area contributed by atoms with E-state index in [4.69, 9.17) is 4.74 Å². The summed E-state index contributed by atoms with van der Waals surface area (Å²) >= 11 is 0. The second-order valence-corrected chi connectivity index (χ2v) is 4.22. The number of ether oxygens (including phenoxy) is 1. The lowest BCUT2D eigenvalue weighted by Gasteiger charge is -2.29. The fourth-order valence-corrected chi connectivity index (χ4v) is 2.26. The lowest BCUT2D eigenvalue weighted by atomic mass is 9.95. The average molecular weight is 232 g/mol. The van der Waals surface area contributed by atoms with Gasteiger partial charge in [-0.1, -0.05) is 6.92 Å². The standard InChI is InChI=1S/C11H21FN2O2/c1-4-13-11(15)8(2)10(16-3)9-6-5-7-14(9)12/h8-10H,4-7H2,1-3H3,(H,13,15). The summed E-state index contributed by atoms with van der Waals surface area (Å²) < 4.78 is 18.7. The highest BCUT2D eigenvalue weighted by Crippen LogP contribution is 2.26. The van der Waals surface area contributed by atoms with E-state index >= 15 is 0 Å². The second-order valence-electron chi connectivity index (χ2n) is 4.22. The van der Waals surface area contributed by atoms with Crippen molar-refractivity contribution >= 4 is 5.91 Å². The number of halogens is 1. The minimum Gasteiger partial charge on any atom is -0.379 e. The van der Waals surface area contributed by atoms with Gasteiger partial charge in [-0.15, -0.1) is 9.60 Å². The van der Waals surface area contributed by atoms with Crippen LogP contribution in [0.1, 0.15) is 26.7 Å². The van der Waals surface area contributed by atoms with Crippen molar-refractivity contribution in [3.8, 4) is 0 Å². The molecule has 5 heteroatoms. The molecular formula is C11H21FN2O2. The maximum absolute atomic E-state index is 13.5. The molecule has 0 bridgehead atoms. The molecule has 1 saturated heterocycles. The number of amides is 1. The second kappa shape index (κ2) is 6.15. The molecule has 1 fully saturated rings. The van der Waals surface area contributed by atoms with Crippen LogP contribution in [0.25, 0.3) is 0 Å². The molecule has 0 aromatic carbocycles. The van der Waals surface area contributed by atoms with Gasteiger partial charge in [0, 0.05) is 20.2 Å². The van der Waals surface area contributed by atoms with Crippen LogP contribution in [0.2, 0.25) is 0 Å². The summed E-state index contributed by atoms with van der Waals surface area (Å²) in [6.45, 7) is 4.67. The SMILES string of the molecule is CCNC(=O)C(C)C(OC)C1CCCN1F. The normalized spacial score (nSPS) is 25.4. The van der Waals surface area contributed by atoms with E-state index in [2.05, 4.69) is 5.32 Å². The number of hydrogen-bond acceptors (Lipinski definition) is 3. The van der Waals surface area contributed by atoms with Crippen molar-refractivity contribution in [3.63, 3.8) is 0 Å². The molecule has 3 atom stereocenters. The first-order valence-corrected chi connectivity index (χ1v) is 5.84. The van der Waals surface area contributed by atoms with Crippen molar-refractivity contribution in [1.82, 2.24) is 10.4 Å². The van der Waals surface area contributed by atoms with Crippen molar-refractivity contribution in [2.75, 3.05) is 20.2 Å². The highest BCUT2D eigenvalue weighted by atomic mass is 19.2. The van der Waals surface area contributed by atoms with E-state index in [0.717, 1.165) is 18.0 Å². The molecule has 1 rings (SSSR count). The van der Waals surface area contributed by atoms with Gasteiger partial charge in [-0.05, 0) is 19.8 Å². The van der Waals surface area contributed by atoms with Crippen LogP contribution >= 0.6 is 0 Å². The van der Waals surface area contributed by atoms with E-state index < -0.39 is 0 Å². The fraction of sp³-hybridized carbons (Fsp3) is 0.909. The molecule has 4 nitrogen and oxygen atoms in total. The number of carbonyl (C=O) groups is 1. The van der Waals surface area contributed by atoms with E-state index in [1.807, 2.05) is 6.92 Å². The van der Waals surface area contributed by atoms with Crippen LogP contribution < -0.4 is 5.32 Å². The van der Waals surface area contributed by atoms with E-state index in [-0.39, 0.29) is 24.0 Å². The molecule has 1 heterocycles. The Hall–Kier alpha value is -0.680. The Bertz CT molecular complexity index is 238. The lowest BCUT2D eigenvalue weighted by molar-refractivity contribution is -0.134. The number of nitrogens with zero attached hydrogens (tertiary/aromatic N) is 1. The summed E-state index contributed by atoms with van der Waals surface area (Å²) in [6, 6.07) is -0.289. The molecule has 0 aromatic rings. The van der Waals surface area contributed by atoms with Crippen molar-refractivity contribution in [2.45, 2.75) is 38.8 Å². The summed E-state index contributed by atoms with van der Waals surface area (Å²) in [7, 11) is 1.53. The highest BCUT2D eigenvalue weighted by molar-refractivity contribution is 5.78. The van der Waals surface area contributed by atoms with Crippen LogP contribution in [0, 0.1) is 5.92 Å². The van der Waals surface area contributed by atoms with Crippen molar-refractivity contribution in [2.24, 2.45) is 5.92 Å². The molecule has 94 valence electrons. The molecule has 0 aromatic heterocycles. The van der Waals surface area contributed by atoms with Crippen LogP contribution in [0.5, 0.6) is 0 Å². The number of carbonyl (C=O) groups excluding carboxylic acids is 1. The molecule has 0 spiro atoms. The highest BCUT2D eigenvalue weighted by Gasteiger charge is 2.37. The average Bonchev–Trinajstić information content (AvgIpc) is 2.66. The van der Waals surface area contributed by atoms with Gasteiger partial charge in [-0.2, -0.15) is 0 Å². The van der Waals surface area contributed by atoms with E-state index in [0.29, 0.717) is 13.1 Å². The molecule has 3 unspecified atom stereocenters. The van der Waals surface area contributed by atoms with E-state index in [1.54, 1.807) is 6.92 Å². The van der Waals surface area contributed by atoms with Gasteiger partial charge in [-0.3, -0.25) is 4.79 Å². The third kappa shape index (κ3) is 2.92. The number of hydrogen-bond donors (Lipinski definition) is 1. The van der Waals surface area contributed by atoms with Gasteiger partial charge in [0.05, 0.1) is 18.1 Å². The molecule has 1 aliphatic heterocycles. The van der Waals surface area contributed by atoms with Gasteiger partial charge in [0.15, 0.2) is 0 Å². The Morgan fingerprint density at radius 2 is 2.38 bits per heavy atom. The lowest BCUT2D eigenvalue weighted by Crippen LogP contribution is -2.45. The third-order valence-corrected chi connectivity index (χ3v) is 3.14. The van der Waals surface area contributed by atoms with E-state index in [1.165, 1.54) is 7.11 Å². The Labute approximate surface area is 96.1 Å². The van der Waals surface area contributed by atoms with Gasteiger partial charge in [0.2, 0.25) is 5.91 Å². The number of rotatable bonds is 5. The Morgan fingerprint density at radius 3 is 2.81 bits per heavy atom. The Kier molecular flexibility index (Phi) is 5.15. The number of methoxy groups -OCH3 is 1. The smallest absolute Gasteiger partial charge is 0.225 e. The van der Waals surface area contributed by atoms with Crippen LogP contribution in [0.3, 0.4) is 0 Å². The minimum absolute atomic E-state index is 0.0744. The molecule has 1 amide bonds. The van der Waals surface area contributed by atoms with Crippen molar-refractivity contribution < 1.29 is 14.0 Å². The maximum Gasteiger partial charge on any atom is 0.225 e. The molecule has 0 aliphatic carbocycles. The molecule has 0 radical (unpaired) electrons. The van der Waals surface area contributed by atoms with Crippen molar-refractivity contribution in [1.29, 1.82) is 0 Å². The van der Waals surface area contributed by atoms with Crippen LogP contribution in [0.4, 0.5) is 4.48 Å². The van der Waals surface area contributed by atoms with Gasteiger partial charge in [-0.25, -0.2) is 0 Å².